The van der Waals surface area contributed by atoms with Gasteiger partial charge in [0.1, 0.15) is 11.6 Å². The molecule has 4 nitrogen and oxygen atoms in total. The smallest absolute Gasteiger partial charge is 0.136 e. The van der Waals surface area contributed by atoms with Crippen LogP contribution < -0.4 is 5.32 Å². The second-order valence-electron chi connectivity index (χ2n) is 5.60. The van der Waals surface area contributed by atoms with E-state index in [2.05, 4.69) is 25.2 Å². The Labute approximate surface area is 115 Å². The van der Waals surface area contributed by atoms with Gasteiger partial charge in [-0.3, -0.25) is 0 Å². The number of nitrogens with one attached hydrogen (secondary N) is 1. The van der Waals surface area contributed by atoms with E-state index in [4.69, 9.17) is 14.7 Å². The van der Waals surface area contributed by atoms with E-state index in [-0.39, 0.29) is 0 Å². The average molecular weight is 261 g/mol. The van der Waals surface area contributed by atoms with Crippen LogP contribution >= 0.6 is 0 Å². The van der Waals surface area contributed by atoms with Crippen molar-refractivity contribution in [3.8, 4) is 0 Å². The van der Waals surface area contributed by atoms with Crippen LogP contribution in [0, 0.1) is 0 Å². The highest BCUT2D eigenvalue weighted by molar-refractivity contribution is 5.37. The standard InChI is InChI=1S/C15H23N3O/c1-3-5-10-8-14(16-4-2)18-15(17-10)12-9-11-6-7-13(12)19-11/h8,11-13H,3-7,9H2,1-2H3,(H,16,17,18). The molecule has 3 unspecified atom stereocenters. The number of anilines is 1. The molecular formula is C15H23N3O. The first kappa shape index (κ1) is 12.9. The average Bonchev–Trinajstić information content (AvgIpc) is 3.01. The maximum absolute atomic E-state index is 5.94. The van der Waals surface area contributed by atoms with Crippen LogP contribution in [0.15, 0.2) is 6.07 Å². The van der Waals surface area contributed by atoms with Gasteiger partial charge in [0.05, 0.1) is 12.2 Å². The summed E-state index contributed by atoms with van der Waals surface area (Å²) in [4.78, 5) is 9.48. The summed E-state index contributed by atoms with van der Waals surface area (Å²) in [5, 5.41) is 3.32. The summed E-state index contributed by atoms with van der Waals surface area (Å²) < 4.78 is 5.94. The highest BCUT2D eigenvalue weighted by Gasteiger charge is 2.43. The molecule has 1 aromatic rings. The van der Waals surface area contributed by atoms with Gasteiger partial charge >= 0.3 is 0 Å². The number of hydrogen-bond donors (Lipinski definition) is 1. The molecule has 0 saturated carbocycles. The summed E-state index contributed by atoms with van der Waals surface area (Å²) in [5.74, 6) is 2.38. The molecule has 0 aliphatic carbocycles. The Balaban J connectivity index is 1.86. The molecular weight excluding hydrogens is 238 g/mol. The van der Waals surface area contributed by atoms with Crippen molar-refractivity contribution < 1.29 is 4.74 Å². The number of ether oxygens (including phenoxy) is 1. The Bertz CT molecular complexity index is 425. The molecule has 2 fully saturated rings. The van der Waals surface area contributed by atoms with E-state index in [9.17, 15) is 0 Å². The third-order valence-corrected chi connectivity index (χ3v) is 4.10. The van der Waals surface area contributed by atoms with Crippen molar-refractivity contribution in [2.45, 2.75) is 64.1 Å². The first-order valence-electron chi connectivity index (χ1n) is 7.57. The van der Waals surface area contributed by atoms with E-state index in [1.807, 2.05) is 0 Å². The fraction of sp³-hybridized carbons (Fsp3) is 0.733. The minimum Gasteiger partial charge on any atom is -0.374 e. The molecule has 3 rings (SSSR count). The first-order chi connectivity index (χ1) is 9.30. The number of fused-ring (bicyclic) bond motifs is 2. The molecule has 4 heteroatoms. The number of rotatable bonds is 5. The van der Waals surface area contributed by atoms with Crippen molar-refractivity contribution in [3.63, 3.8) is 0 Å². The van der Waals surface area contributed by atoms with Gasteiger partial charge in [-0.25, -0.2) is 9.97 Å². The largest absolute Gasteiger partial charge is 0.374 e. The van der Waals surface area contributed by atoms with Gasteiger partial charge in [-0.2, -0.15) is 0 Å². The van der Waals surface area contributed by atoms with Crippen LogP contribution in [-0.4, -0.2) is 28.7 Å². The summed E-state index contributed by atoms with van der Waals surface area (Å²) in [5.41, 5.74) is 1.16. The van der Waals surface area contributed by atoms with E-state index in [0.29, 0.717) is 18.1 Å². The van der Waals surface area contributed by atoms with Gasteiger partial charge in [-0.15, -0.1) is 0 Å². The third-order valence-electron chi connectivity index (χ3n) is 4.10. The molecule has 1 N–H and O–H groups in total. The molecule has 3 heterocycles. The highest BCUT2D eigenvalue weighted by Crippen LogP contribution is 2.43. The lowest BCUT2D eigenvalue weighted by Gasteiger charge is -2.18. The summed E-state index contributed by atoms with van der Waals surface area (Å²) in [7, 11) is 0. The zero-order valence-corrected chi connectivity index (χ0v) is 11.9. The van der Waals surface area contributed by atoms with Gasteiger partial charge in [-0.1, -0.05) is 13.3 Å². The molecule has 3 atom stereocenters. The molecule has 2 aliphatic heterocycles. The predicted molar refractivity (Wildman–Crippen MR) is 75.4 cm³/mol. The zero-order chi connectivity index (χ0) is 13.2. The van der Waals surface area contributed by atoms with Crippen molar-refractivity contribution >= 4 is 5.82 Å². The number of aromatic nitrogens is 2. The molecule has 0 radical (unpaired) electrons. The van der Waals surface area contributed by atoms with Gasteiger partial charge in [0.25, 0.3) is 0 Å². The maximum Gasteiger partial charge on any atom is 0.136 e. The summed E-state index contributed by atoms with van der Waals surface area (Å²) in [6.45, 7) is 5.19. The Morgan fingerprint density at radius 1 is 1.32 bits per heavy atom. The summed E-state index contributed by atoms with van der Waals surface area (Å²) in [6, 6.07) is 2.09. The number of nitrogens with zero attached hydrogens (tertiary/aromatic N) is 2. The van der Waals surface area contributed by atoms with E-state index in [1.54, 1.807) is 0 Å². The molecule has 2 bridgehead atoms. The van der Waals surface area contributed by atoms with Crippen molar-refractivity contribution in [2.75, 3.05) is 11.9 Å². The molecule has 0 spiro atoms. The van der Waals surface area contributed by atoms with E-state index >= 15 is 0 Å². The SMILES string of the molecule is CCCc1cc(NCC)nc(C2CC3CCC2O3)n1. The Kier molecular flexibility index (Phi) is 3.69. The van der Waals surface area contributed by atoms with Crippen LogP contribution in [0.25, 0.3) is 0 Å². The summed E-state index contributed by atoms with van der Waals surface area (Å²) >= 11 is 0. The fourth-order valence-corrected chi connectivity index (χ4v) is 3.25. The normalized spacial score (nSPS) is 28.8. The molecule has 1 aromatic heterocycles. The van der Waals surface area contributed by atoms with E-state index < -0.39 is 0 Å². The van der Waals surface area contributed by atoms with Gasteiger partial charge in [-0.05, 0) is 32.6 Å². The van der Waals surface area contributed by atoms with Gasteiger partial charge in [0.15, 0.2) is 0 Å². The molecule has 0 amide bonds. The Morgan fingerprint density at radius 2 is 2.21 bits per heavy atom. The first-order valence-corrected chi connectivity index (χ1v) is 7.57. The third kappa shape index (κ3) is 2.59. The van der Waals surface area contributed by atoms with Crippen LogP contribution in [0.5, 0.6) is 0 Å². The predicted octanol–water partition coefficient (Wildman–Crippen LogP) is 2.90. The second kappa shape index (κ2) is 5.45. The lowest BCUT2D eigenvalue weighted by Crippen LogP contribution is -2.18. The van der Waals surface area contributed by atoms with Crippen molar-refractivity contribution in [1.29, 1.82) is 0 Å². The van der Waals surface area contributed by atoms with Gasteiger partial charge in [0.2, 0.25) is 0 Å². The maximum atomic E-state index is 5.94. The van der Waals surface area contributed by atoms with Crippen molar-refractivity contribution in [2.24, 2.45) is 0 Å². The number of hydrogen-bond acceptors (Lipinski definition) is 4. The van der Waals surface area contributed by atoms with Crippen LogP contribution in [0.1, 0.15) is 57.0 Å². The van der Waals surface area contributed by atoms with E-state index in [1.165, 1.54) is 12.8 Å². The van der Waals surface area contributed by atoms with Crippen LogP contribution in [-0.2, 0) is 11.2 Å². The lowest BCUT2D eigenvalue weighted by atomic mass is 9.88. The Morgan fingerprint density at radius 3 is 2.84 bits per heavy atom. The number of aryl methyl sites for hydroxylation is 1. The van der Waals surface area contributed by atoms with Crippen molar-refractivity contribution in [1.82, 2.24) is 9.97 Å². The van der Waals surface area contributed by atoms with Crippen LogP contribution in [0.4, 0.5) is 5.82 Å². The molecule has 19 heavy (non-hydrogen) atoms. The molecule has 2 aliphatic rings. The van der Waals surface area contributed by atoms with Crippen LogP contribution in [0.3, 0.4) is 0 Å². The second-order valence-corrected chi connectivity index (χ2v) is 5.60. The topological polar surface area (TPSA) is 47.0 Å². The van der Waals surface area contributed by atoms with Crippen LogP contribution in [0.2, 0.25) is 0 Å². The van der Waals surface area contributed by atoms with E-state index in [0.717, 1.165) is 43.1 Å². The monoisotopic (exact) mass is 261 g/mol. The minimum absolute atomic E-state index is 0.358. The lowest BCUT2D eigenvalue weighted by molar-refractivity contribution is 0.0998. The van der Waals surface area contributed by atoms with Crippen molar-refractivity contribution in [3.05, 3.63) is 17.6 Å². The molecule has 2 saturated heterocycles. The molecule has 104 valence electrons. The Hall–Kier alpha value is -1.16. The van der Waals surface area contributed by atoms with Gasteiger partial charge < -0.3 is 10.1 Å². The summed E-state index contributed by atoms with van der Waals surface area (Å²) in [6.07, 6.45) is 6.45. The zero-order valence-electron chi connectivity index (χ0n) is 11.9. The fourth-order valence-electron chi connectivity index (χ4n) is 3.25. The minimum atomic E-state index is 0.358. The van der Waals surface area contributed by atoms with Gasteiger partial charge in [0, 0.05) is 24.2 Å². The quantitative estimate of drug-likeness (QED) is 0.885. The highest BCUT2D eigenvalue weighted by atomic mass is 16.5. The molecule has 0 aromatic carbocycles.